The highest BCUT2D eigenvalue weighted by molar-refractivity contribution is 7.89. The molecule has 30 heavy (non-hydrogen) atoms. The van der Waals surface area contributed by atoms with Gasteiger partial charge in [0.1, 0.15) is 6.61 Å². The largest absolute Gasteiger partial charge is 0.457 e. The zero-order valence-electron chi connectivity index (χ0n) is 16.4. The van der Waals surface area contributed by atoms with Crippen LogP contribution in [0.4, 0.5) is 13.2 Å². The normalized spacial score (nSPS) is 15.7. The minimum Gasteiger partial charge on any atom is -0.457 e. The predicted octanol–water partition coefficient (Wildman–Crippen LogP) is 4.55. The van der Waals surface area contributed by atoms with Crippen LogP contribution >= 0.6 is 0 Å². The van der Waals surface area contributed by atoms with Gasteiger partial charge < -0.3 is 4.74 Å². The highest BCUT2D eigenvalue weighted by atomic mass is 32.2. The summed E-state index contributed by atoms with van der Waals surface area (Å²) in [7, 11) is -3.72. The van der Waals surface area contributed by atoms with Gasteiger partial charge in [-0.3, -0.25) is 0 Å². The van der Waals surface area contributed by atoms with E-state index >= 15 is 0 Å². The molecule has 0 bridgehead atoms. The lowest BCUT2D eigenvalue weighted by atomic mass is 10.1. The lowest BCUT2D eigenvalue weighted by molar-refractivity contribution is -0.137. The number of carbonyl (C=O) groups is 1. The Labute approximate surface area is 173 Å². The fourth-order valence-corrected chi connectivity index (χ4v) is 4.84. The molecule has 1 aliphatic rings. The van der Waals surface area contributed by atoms with Crippen LogP contribution in [0.2, 0.25) is 0 Å². The van der Waals surface area contributed by atoms with Crippen molar-refractivity contribution in [3.8, 4) is 0 Å². The molecule has 3 rings (SSSR count). The molecule has 162 valence electrons. The van der Waals surface area contributed by atoms with Gasteiger partial charge in [0.25, 0.3) is 0 Å². The van der Waals surface area contributed by atoms with Crippen molar-refractivity contribution in [3.05, 3.63) is 64.7 Å². The Morgan fingerprint density at radius 2 is 1.77 bits per heavy atom. The number of hydrogen-bond donors (Lipinski definition) is 0. The third-order valence-corrected chi connectivity index (χ3v) is 6.90. The second-order valence-electron chi connectivity index (χ2n) is 7.22. The first-order valence-electron chi connectivity index (χ1n) is 9.53. The van der Waals surface area contributed by atoms with Gasteiger partial charge >= 0.3 is 12.1 Å². The van der Waals surface area contributed by atoms with Crippen LogP contribution in [0.15, 0.2) is 47.4 Å². The van der Waals surface area contributed by atoms with Crippen LogP contribution in [-0.4, -0.2) is 31.8 Å². The number of aryl methyl sites for hydroxylation is 1. The van der Waals surface area contributed by atoms with Crippen LogP contribution in [0.5, 0.6) is 0 Å². The van der Waals surface area contributed by atoms with Crippen molar-refractivity contribution < 1.29 is 31.1 Å². The Morgan fingerprint density at radius 1 is 1.07 bits per heavy atom. The van der Waals surface area contributed by atoms with Crippen molar-refractivity contribution in [1.82, 2.24) is 4.31 Å². The summed E-state index contributed by atoms with van der Waals surface area (Å²) in [6.45, 7) is 2.15. The van der Waals surface area contributed by atoms with E-state index in [0.717, 1.165) is 31.4 Å². The lowest BCUT2D eigenvalue weighted by Crippen LogP contribution is -2.35. The predicted molar refractivity (Wildman–Crippen MR) is 104 cm³/mol. The molecule has 0 atom stereocenters. The van der Waals surface area contributed by atoms with Crippen molar-refractivity contribution in [3.63, 3.8) is 0 Å². The average Bonchev–Trinajstić information content (AvgIpc) is 2.72. The van der Waals surface area contributed by atoms with Gasteiger partial charge in [-0.2, -0.15) is 17.5 Å². The minimum absolute atomic E-state index is 0.000943. The van der Waals surface area contributed by atoms with Crippen molar-refractivity contribution in [2.45, 2.75) is 43.9 Å². The van der Waals surface area contributed by atoms with Gasteiger partial charge in [-0.25, -0.2) is 13.2 Å². The second kappa shape index (κ2) is 8.77. The van der Waals surface area contributed by atoms with E-state index in [-0.39, 0.29) is 22.6 Å². The van der Waals surface area contributed by atoms with Crippen LogP contribution in [0.3, 0.4) is 0 Å². The molecule has 0 N–H and O–H groups in total. The quantitative estimate of drug-likeness (QED) is 0.639. The molecule has 1 aliphatic heterocycles. The van der Waals surface area contributed by atoms with E-state index in [1.54, 1.807) is 6.92 Å². The number of ether oxygens (including phenoxy) is 1. The van der Waals surface area contributed by atoms with Gasteiger partial charge in [0.15, 0.2) is 0 Å². The fourth-order valence-electron chi connectivity index (χ4n) is 3.30. The molecule has 0 unspecified atom stereocenters. The number of hydrogen-bond acceptors (Lipinski definition) is 4. The number of rotatable bonds is 5. The van der Waals surface area contributed by atoms with Gasteiger partial charge in [0.05, 0.1) is 16.0 Å². The van der Waals surface area contributed by atoms with Gasteiger partial charge in [-0.15, -0.1) is 0 Å². The number of benzene rings is 2. The Hall–Kier alpha value is -2.39. The van der Waals surface area contributed by atoms with Gasteiger partial charge in [0, 0.05) is 13.1 Å². The number of nitrogens with zero attached hydrogens (tertiary/aromatic N) is 1. The molecule has 2 aromatic carbocycles. The maximum atomic E-state index is 12.9. The standard InChI is InChI=1S/C21H22F3NO4S/c1-15-8-9-18(30(27,28)25-10-3-2-4-11-25)13-19(15)20(26)29-14-16-6-5-7-17(12-16)21(22,23)24/h5-9,12-13H,2-4,10-11,14H2,1H3. The average molecular weight is 441 g/mol. The molecule has 0 amide bonds. The van der Waals surface area contributed by atoms with Crippen molar-refractivity contribution in [1.29, 1.82) is 0 Å². The van der Waals surface area contributed by atoms with Gasteiger partial charge in [0.2, 0.25) is 10.0 Å². The maximum Gasteiger partial charge on any atom is 0.416 e. The topological polar surface area (TPSA) is 63.7 Å². The summed E-state index contributed by atoms with van der Waals surface area (Å²) in [5.74, 6) is -0.791. The summed E-state index contributed by atoms with van der Waals surface area (Å²) in [5.41, 5.74) is -0.0588. The van der Waals surface area contributed by atoms with Crippen molar-refractivity contribution in [2.75, 3.05) is 13.1 Å². The van der Waals surface area contributed by atoms with E-state index in [2.05, 4.69) is 0 Å². The molecule has 1 fully saturated rings. The van der Waals surface area contributed by atoms with E-state index in [1.165, 1.54) is 34.6 Å². The first-order valence-corrected chi connectivity index (χ1v) is 11.0. The van der Waals surface area contributed by atoms with Crippen molar-refractivity contribution in [2.24, 2.45) is 0 Å². The Bertz CT molecular complexity index is 1030. The molecule has 9 heteroatoms. The number of sulfonamides is 1. The van der Waals surface area contributed by atoms with Crippen LogP contribution in [0, 0.1) is 6.92 Å². The Balaban J connectivity index is 1.77. The first-order chi connectivity index (χ1) is 14.1. The molecule has 0 aliphatic carbocycles. The summed E-state index contributed by atoms with van der Waals surface area (Å²) in [6, 6.07) is 8.76. The summed E-state index contributed by atoms with van der Waals surface area (Å²) < 4.78 is 70.7. The van der Waals surface area contributed by atoms with Crippen LogP contribution < -0.4 is 0 Å². The molecule has 5 nitrogen and oxygen atoms in total. The Kier molecular flexibility index (Phi) is 6.52. The molecule has 0 spiro atoms. The van der Waals surface area contributed by atoms with Gasteiger partial charge in [-0.1, -0.05) is 24.6 Å². The summed E-state index contributed by atoms with van der Waals surface area (Å²) >= 11 is 0. The smallest absolute Gasteiger partial charge is 0.416 e. The zero-order valence-corrected chi connectivity index (χ0v) is 17.2. The molecule has 0 aromatic heterocycles. The van der Waals surface area contributed by atoms with E-state index in [1.807, 2.05) is 0 Å². The summed E-state index contributed by atoms with van der Waals surface area (Å²) in [6.07, 6.45) is -1.94. The number of piperidine rings is 1. The van der Waals surface area contributed by atoms with Crippen molar-refractivity contribution >= 4 is 16.0 Å². The minimum atomic E-state index is -4.49. The number of alkyl halides is 3. The number of carbonyl (C=O) groups excluding carboxylic acids is 1. The third-order valence-electron chi connectivity index (χ3n) is 5.01. The number of halogens is 3. The monoisotopic (exact) mass is 441 g/mol. The molecule has 1 heterocycles. The molecular formula is C21H22F3NO4S. The second-order valence-corrected chi connectivity index (χ2v) is 9.15. The van der Waals surface area contributed by atoms with E-state index in [0.29, 0.717) is 18.7 Å². The third kappa shape index (κ3) is 5.02. The summed E-state index contributed by atoms with van der Waals surface area (Å²) in [4.78, 5) is 12.5. The van der Waals surface area contributed by atoms with E-state index in [4.69, 9.17) is 4.74 Å². The first kappa shape index (κ1) is 22.3. The van der Waals surface area contributed by atoms with Crippen LogP contribution in [0.1, 0.15) is 46.3 Å². The lowest BCUT2D eigenvalue weighted by Gasteiger charge is -2.26. The SMILES string of the molecule is Cc1ccc(S(=O)(=O)N2CCCCC2)cc1C(=O)OCc1cccc(C(F)(F)F)c1. The number of esters is 1. The summed E-state index contributed by atoms with van der Waals surface area (Å²) in [5, 5.41) is 0. The molecule has 0 radical (unpaired) electrons. The van der Waals surface area contributed by atoms with Crippen LogP contribution in [-0.2, 0) is 27.5 Å². The zero-order chi connectivity index (χ0) is 21.9. The maximum absolute atomic E-state index is 12.9. The van der Waals surface area contributed by atoms with Crippen LogP contribution in [0.25, 0.3) is 0 Å². The highest BCUT2D eigenvalue weighted by Gasteiger charge is 2.30. The van der Waals surface area contributed by atoms with Gasteiger partial charge in [-0.05, 0) is 55.2 Å². The van der Waals surface area contributed by atoms with E-state index < -0.39 is 27.7 Å². The molecule has 0 saturated carbocycles. The fraction of sp³-hybridized carbons (Fsp3) is 0.381. The molecular weight excluding hydrogens is 419 g/mol. The Morgan fingerprint density at radius 3 is 2.43 bits per heavy atom. The highest BCUT2D eigenvalue weighted by Crippen LogP contribution is 2.30. The van der Waals surface area contributed by atoms with E-state index in [9.17, 15) is 26.4 Å². The molecule has 2 aromatic rings. The molecule has 1 saturated heterocycles.